The van der Waals surface area contributed by atoms with Crippen LogP contribution in [0.4, 0.5) is 10.1 Å². The van der Waals surface area contributed by atoms with Gasteiger partial charge in [-0.15, -0.1) is 0 Å². The van der Waals surface area contributed by atoms with E-state index in [1.807, 2.05) is 0 Å². The van der Waals surface area contributed by atoms with Crippen molar-refractivity contribution in [1.29, 1.82) is 0 Å². The lowest BCUT2D eigenvalue weighted by atomic mass is 10.1. The Balaban J connectivity index is 1.73. The molecule has 3 heterocycles. The summed E-state index contributed by atoms with van der Waals surface area (Å²) in [6, 6.07) is 6.47. The molecular weight excluding hydrogens is 399 g/mol. The highest BCUT2D eigenvalue weighted by Gasteiger charge is 2.21. The molecule has 148 valence electrons. The summed E-state index contributed by atoms with van der Waals surface area (Å²) in [4.78, 5) is 17.0. The van der Waals surface area contributed by atoms with Gasteiger partial charge < -0.3 is 10.1 Å². The van der Waals surface area contributed by atoms with Crippen LogP contribution < -0.4 is 10.1 Å². The Kier molecular flexibility index (Phi) is 4.89. The normalized spacial score (nSPS) is 12.1. The maximum Gasteiger partial charge on any atom is 0.261 e. The average Bonchev–Trinajstić information content (AvgIpc) is 3.26. The third-order valence-electron chi connectivity index (χ3n) is 4.09. The zero-order valence-electron chi connectivity index (χ0n) is 15.5. The molecule has 1 unspecified atom stereocenters. The summed E-state index contributed by atoms with van der Waals surface area (Å²) in [5, 5.41) is 11.8. The van der Waals surface area contributed by atoms with Gasteiger partial charge in [0.15, 0.2) is 5.65 Å². The summed E-state index contributed by atoms with van der Waals surface area (Å²) in [7, 11) is 1.71. The number of aryl methyl sites for hydroxylation is 1. The van der Waals surface area contributed by atoms with Crippen molar-refractivity contribution in [2.75, 3.05) is 5.32 Å². The molecule has 0 aliphatic rings. The Bertz CT molecular complexity index is 1200. The van der Waals surface area contributed by atoms with Crippen LogP contribution >= 0.6 is 11.6 Å². The van der Waals surface area contributed by atoms with Gasteiger partial charge in [-0.25, -0.2) is 13.9 Å². The number of nitrogens with zero attached hydrogens (tertiary/aromatic N) is 5. The smallest absolute Gasteiger partial charge is 0.261 e. The molecule has 0 fully saturated rings. The highest BCUT2D eigenvalue weighted by atomic mass is 35.5. The molecule has 0 saturated heterocycles. The van der Waals surface area contributed by atoms with Crippen LogP contribution in [0.5, 0.6) is 5.75 Å². The lowest BCUT2D eigenvalue weighted by molar-refractivity contribution is 0.0866. The minimum absolute atomic E-state index is 0.260. The molecule has 1 amide bonds. The Morgan fingerprint density at radius 3 is 3.00 bits per heavy atom. The van der Waals surface area contributed by atoms with Crippen molar-refractivity contribution in [1.82, 2.24) is 24.4 Å². The fourth-order valence-electron chi connectivity index (χ4n) is 2.92. The van der Waals surface area contributed by atoms with Crippen LogP contribution in [0, 0.1) is 0 Å². The molecule has 0 aliphatic heterocycles. The number of anilines is 1. The fraction of sp³-hybridized carbons (Fsp3) is 0.158. The lowest BCUT2D eigenvalue weighted by Gasteiger charge is -2.12. The molecule has 1 atom stereocenters. The van der Waals surface area contributed by atoms with Crippen molar-refractivity contribution in [2.45, 2.75) is 13.3 Å². The second-order valence-corrected chi connectivity index (χ2v) is 6.70. The van der Waals surface area contributed by atoms with E-state index in [0.717, 1.165) is 0 Å². The van der Waals surface area contributed by atoms with Crippen molar-refractivity contribution in [2.24, 2.45) is 7.05 Å². The molecular formula is C19H16ClFN6O2. The number of fused-ring (bicyclic) bond motifs is 1. The van der Waals surface area contributed by atoms with Crippen LogP contribution in [0.3, 0.4) is 0 Å². The maximum absolute atomic E-state index is 13.5. The van der Waals surface area contributed by atoms with Gasteiger partial charge >= 0.3 is 0 Å². The zero-order chi connectivity index (χ0) is 20.5. The van der Waals surface area contributed by atoms with Gasteiger partial charge in [0, 0.05) is 43.1 Å². The summed E-state index contributed by atoms with van der Waals surface area (Å²) in [6.07, 6.45) is 4.82. The predicted molar refractivity (Wildman–Crippen MR) is 106 cm³/mol. The minimum atomic E-state index is -1.53. The maximum atomic E-state index is 13.5. The SMILES string of the molecule is CC(F)Oc1ccc(Cl)cc1-c1nn(C)cc1NC(=O)c1cnn2cccnc12. The molecule has 1 aromatic carbocycles. The third-order valence-corrected chi connectivity index (χ3v) is 4.32. The van der Waals surface area contributed by atoms with E-state index in [9.17, 15) is 9.18 Å². The zero-order valence-corrected chi connectivity index (χ0v) is 16.3. The Labute approximate surface area is 169 Å². The first kappa shape index (κ1) is 18.9. The molecule has 0 spiro atoms. The highest BCUT2D eigenvalue weighted by Crippen LogP contribution is 2.36. The molecule has 0 radical (unpaired) electrons. The van der Waals surface area contributed by atoms with Crippen LogP contribution in [-0.2, 0) is 7.05 Å². The Morgan fingerprint density at radius 2 is 2.21 bits per heavy atom. The largest absolute Gasteiger partial charge is 0.460 e. The van der Waals surface area contributed by atoms with E-state index in [1.54, 1.807) is 49.9 Å². The highest BCUT2D eigenvalue weighted by molar-refractivity contribution is 6.31. The van der Waals surface area contributed by atoms with Gasteiger partial charge in [-0.05, 0) is 24.3 Å². The summed E-state index contributed by atoms with van der Waals surface area (Å²) in [5.74, 6) is -0.146. The van der Waals surface area contributed by atoms with Gasteiger partial charge in [-0.2, -0.15) is 10.2 Å². The molecule has 29 heavy (non-hydrogen) atoms. The first-order valence-corrected chi connectivity index (χ1v) is 9.04. The molecule has 0 saturated carbocycles. The van der Waals surface area contributed by atoms with Crippen molar-refractivity contribution in [3.8, 4) is 17.0 Å². The molecule has 4 rings (SSSR count). The molecule has 3 aromatic heterocycles. The fourth-order valence-corrected chi connectivity index (χ4v) is 3.09. The van der Waals surface area contributed by atoms with Gasteiger partial charge in [0.05, 0.1) is 11.9 Å². The van der Waals surface area contributed by atoms with Crippen LogP contribution in [-0.4, -0.2) is 36.6 Å². The van der Waals surface area contributed by atoms with E-state index in [0.29, 0.717) is 33.2 Å². The first-order valence-electron chi connectivity index (χ1n) is 8.66. The monoisotopic (exact) mass is 414 g/mol. The van der Waals surface area contributed by atoms with Crippen LogP contribution in [0.25, 0.3) is 16.9 Å². The number of hydrogen-bond acceptors (Lipinski definition) is 5. The lowest BCUT2D eigenvalue weighted by Crippen LogP contribution is -2.12. The second-order valence-electron chi connectivity index (χ2n) is 6.27. The first-order chi connectivity index (χ1) is 13.9. The number of rotatable bonds is 5. The van der Waals surface area contributed by atoms with E-state index >= 15 is 0 Å². The molecule has 8 nitrogen and oxygen atoms in total. The quantitative estimate of drug-likeness (QED) is 0.537. The van der Waals surface area contributed by atoms with E-state index in [4.69, 9.17) is 16.3 Å². The van der Waals surface area contributed by atoms with Gasteiger partial charge in [0.1, 0.15) is 17.0 Å². The Hall–Kier alpha value is -3.46. The number of carbonyl (C=O) groups is 1. The molecule has 0 aliphatic carbocycles. The van der Waals surface area contributed by atoms with Gasteiger partial charge in [0.25, 0.3) is 5.91 Å². The number of carbonyl (C=O) groups excluding carboxylic acids is 1. The predicted octanol–water partition coefficient (Wildman–Crippen LogP) is 3.73. The van der Waals surface area contributed by atoms with Crippen LogP contribution in [0.1, 0.15) is 17.3 Å². The molecule has 1 N–H and O–H groups in total. The topological polar surface area (TPSA) is 86.3 Å². The number of alkyl halides is 1. The standard InChI is InChI=1S/C19H16ClFN6O2/c1-11(21)29-16-5-4-12(20)8-13(16)17-15(10-26(2)25-17)24-19(28)14-9-23-27-7-3-6-22-18(14)27/h3-11H,1-2H3,(H,24,28). The number of benzene rings is 1. The van der Waals surface area contributed by atoms with E-state index in [-0.39, 0.29) is 5.75 Å². The number of ether oxygens (including phenoxy) is 1. The van der Waals surface area contributed by atoms with Gasteiger partial charge in [0.2, 0.25) is 6.36 Å². The minimum Gasteiger partial charge on any atom is -0.460 e. The number of nitrogens with one attached hydrogen (secondary N) is 1. The number of hydrogen-bond donors (Lipinski definition) is 1. The Morgan fingerprint density at radius 1 is 1.38 bits per heavy atom. The van der Waals surface area contributed by atoms with E-state index in [1.165, 1.54) is 22.3 Å². The molecule has 0 bridgehead atoms. The third kappa shape index (κ3) is 3.77. The average molecular weight is 415 g/mol. The number of amides is 1. The van der Waals surface area contributed by atoms with Gasteiger partial charge in [-0.3, -0.25) is 9.48 Å². The summed E-state index contributed by atoms with van der Waals surface area (Å²) in [6.45, 7) is 1.28. The van der Waals surface area contributed by atoms with Crippen molar-refractivity contribution < 1.29 is 13.9 Å². The molecule has 10 heteroatoms. The summed E-state index contributed by atoms with van der Waals surface area (Å²) < 4.78 is 21.7. The summed E-state index contributed by atoms with van der Waals surface area (Å²) >= 11 is 6.12. The molecule has 4 aromatic rings. The van der Waals surface area contributed by atoms with Crippen LogP contribution in [0.15, 0.2) is 49.1 Å². The van der Waals surface area contributed by atoms with Crippen molar-refractivity contribution in [3.05, 3.63) is 59.6 Å². The van der Waals surface area contributed by atoms with Crippen molar-refractivity contribution >= 4 is 28.8 Å². The van der Waals surface area contributed by atoms with Crippen LogP contribution in [0.2, 0.25) is 5.02 Å². The van der Waals surface area contributed by atoms with Crippen molar-refractivity contribution in [3.63, 3.8) is 0 Å². The second kappa shape index (κ2) is 7.51. The number of halogens is 2. The summed E-state index contributed by atoms with van der Waals surface area (Å²) in [5.41, 5.74) is 1.99. The van der Waals surface area contributed by atoms with E-state index < -0.39 is 12.3 Å². The van der Waals surface area contributed by atoms with E-state index in [2.05, 4.69) is 20.5 Å². The number of aromatic nitrogens is 5. The van der Waals surface area contributed by atoms with Gasteiger partial charge in [-0.1, -0.05) is 11.6 Å².